The lowest BCUT2D eigenvalue weighted by atomic mass is 9.96. The van der Waals surface area contributed by atoms with Crippen LogP contribution in [0.3, 0.4) is 0 Å². The number of rotatable bonds is 6. The van der Waals surface area contributed by atoms with Gasteiger partial charge in [0.05, 0.1) is 39.8 Å². The van der Waals surface area contributed by atoms with Gasteiger partial charge in [0, 0.05) is 17.3 Å². The highest BCUT2D eigenvalue weighted by atomic mass is 32.1. The van der Waals surface area contributed by atoms with E-state index in [9.17, 15) is 9.59 Å². The number of ether oxygens (including phenoxy) is 1. The molecule has 3 aromatic carbocycles. The number of hydrogen-bond acceptors (Lipinski definition) is 6. The zero-order valence-electron chi connectivity index (χ0n) is 22.9. The Morgan fingerprint density at radius 1 is 0.976 bits per heavy atom. The second-order valence-corrected chi connectivity index (χ2v) is 10.8. The first-order valence-corrected chi connectivity index (χ1v) is 14.2. The van der Waals surface area contributed by atoms with E-state index in [4.69, 9.17) is 14.8 Å². The Balaban J connectivity index is 1.56. The average Bonchev–Trinajstić information content (AvgIpc) is 3.54. The molecule has 0 radical (unpaired) electrons. The smallest absolute Gasteiger partial charge is 0.338 e. The van der Waals surface area contributed by atoms with Crippen molar-refractivity contribution >= 4 is 23.4 Å². The van der Waals surface area contributed by atoms with Crippen molar-refractivity contribution in [3.8, 4) is 16.9 Å². The summed E-state index contributed by atoms with van der Waals surface area (Å²) >= 11 is 1.30. The predicted molar refractivity (Wildman–Crippen MR) is 161 cm³/mol. The van der Waals surface area contributed by atoms with Crippen LogP contribution in [0.25, 0.3) is 23.0 Å². The van der Waals surface area contributed by atoms with Crippen molar-refractivity contribution in [3.05, 3.63) is 139 Å². The van der Waals surface area contributed by atoms with Crippen molar-refractivity contribution in [2.45, 2.75) is 26.8 Å². The predicted octanol–water partition coefficient (Wildman–Crippen LogP) is 4.96. The summed E-state index contributed by atoms with van der Waals surface area (Å²) in [5, 5.41) is 4.91. The molecule has 6 rings (SSSR count). The van der Waals surface area contributed by atoms with Gasteiger partial charge < -0.3 is 4.74 Å². The minimum atomic E-state index is -0.641. The molecule has 0 unspecified atom stereocenters. The van der Waals surface area contributed by atoms with E-state index in [2.05, 4.69) is 0 Å². The summed E-state index contributed by atoms with van der Waals surface area (Å²) in [4.78, 5) is 32.4. The summed E-state index contributed by atoms with van der Waals surface area (Å²) in [6, 6.07) is 26.9. The third-order valence-electron chi connectivity index (χ3n) is 7.01. The number of para-hydroxylation sites is 1. The number of nitrogens with zero attached hydrogens (tertiary/aromatic N) is 4. The first-order valence-electron chi connectivity index (χ1n) is 13.4. The fraction of sp³-hybridized carbons (Fsp3) is 0.152. The van der Waals surface area contributed by atoms with Crippen molar-refractivity contribution in [1.82, 2.24) is 14.3 Å². The lowest BCUT2D eigenvalue weighted by Crippen LogP contribution is -2.39. The Kier molecular flexibility index (Phi) is 7.07. The fourth-order valence-electron chi connectivity index (χ4n) is 5.03. The van der Waals surface area contributed by atoms with Gasteiger partial charge in [0.25, 0.3) is 5.56 Å². The highest BCUT2D eigenvalue weighted by Gasteiger charge is 2.33. The topological polar surface area (TPSA) is 78.5 Å². The lowest BCUT2D eigenvalue weighted by molar-refractivity contribution is -0.139. The largest absolute Gasteiger partial charge is 0.463 e. The number of esters is 1. The summed E-state index contributed by atoms with van der Waals surface area (Å²) < 4.78 is 9.33. The maximum absolute atomic E-state index is 14.1. The molecule has 8 heteroatoms. The van der Waals surface area contributed by atoms with Crippen LogP contribution >= 0.6 is 11.3 Å². The SMILES string of the molecule is CCOC(=O)C1=C(C)N=c2s/c(=C\c3cn(-c4ccccc4)nc3-c3ccc(C)cc3)c(=O)n2[C@H]1c1ccccc1. The molecule has 0 N–H and O–H groups in total. The van der Waals surface area contributed by atoms with Gasteiger partial charge in [0.15, 0.2) is 4.80 Å². The summed E-state index contributed by atoms with van der Waals surface area (Å²) in [6.07, 6.45) is 3.81. The first-order chi connectivity index (χ1) is 19.9. The molecule has 0 saturated heterocycles. The summed E-state index contributed by atoms with van der Waals surface area (Å²) in [5.41, 5.74) is 6.10. The van der Waals surface area contributed by atoms with Gasteiger partial charge in [-0.05, 0) is 44.5 Å². The van der Waals surface area contributed by atoms with Crippen molar-refractivity contribution in [3.63, 3.8) is 0 Å². The van der Waals surface area contributed by atoms with E-state index in [1.165, 1.54) is 11.3 Å². The monoisotopic (exact) mass is 560 g/mol. The first kappa shape index (κ1) is 26.4. The van der Waals surface area contributed by atoms with Gasteiger partial charge in [0.2, 0.25) is 0 Å². The standard InChI is InChI=1S/C33H28N4O3S/c1-4-40-32(39)28-22(3)34-33-37(30(28)24-11-7-5-8-12-24)31(38)27(41-33)19-25-20-36(26-13-9-6-10-14-26)35-29(25)23-17-15-21(2)16-18-23/h5-20,30H,4H2,1-3H3/b27-19-/t30-/m0/s1. The number of hydrogen-bond donors (Lipinski definition) is 0. The Morgan fingerprint density at radius 2 is 1.66 bits per heavy atom. The van der Waals surface area contributed by atoms with Crippen LogP contribution in [-0.4, -0.2) is 26.9 Å². The van der Waals surface area contributed by atoms with Crippen LogP contribution in [0.5, 0.6) is 0 Å². The quantitative estimate of drug-likeness (QED) is 0.275. The minimum absolute atomic E-state index is 0.223. The van der Waals surface area contributed by atoms with Gasteiger partial charge in [-0.2, -0.15) is 5.10 Å². The number of carbonyl (C=O) groups excluding carboxylic acids is 1. The maximum atomic E-state index is 14.1. The van der Waals surface area contributed by atoms with Crippen LogP contribution in [-0.2, 0) is 9.53 Å². The van der Waals surface area contributed by atoms with E-state index in [1.807, 2.05) is 109 Å². The molecule has 0 saturated carbocycles. The molecule has 7 nitrogen and oxygen atoms in total. The Labute approximate surface area is 241 Å². The second-order valence-electron chi connectivity index (χ2n) is 9.79. The van der Waals surface area contributed by atoms with Crippen LogP contribution < -0.4 is 14.9 Å². The number of fused-ring (bicyclic) bond motifs is 1. The number of aromatic nitrogens is 3. The molecule has 1 atom stereocenters. The molecule has 1 aliphatic heterocycles. The third-order valence-corrected chi connectivity index (χ3v) is 7.99. The van der Waals surface area contributed by atoms with Crippen molar-refractivity contribution in [2.75, 3.05) is 6.61 Å². The summed E-state index contributed by atoms with van der Waals surface area (Å²) in [6.45, 7) is 5.83. The molecular formula is C33H28N4O3S. The number of benzene rings is 3. The van der Waals surface area contributed by atoms with Crippen LogP contribution in [0.2, 0.25) is 0 Å². The molecule has 204 valence electrons. The molecule has 0 amide bonds. The molecular weight excluding hydrogens is 532 g/mol. The van der Waals surface area contributed by atoms with Gasteiger partial charge >= 0.3 is 5.97 Å². The van der Waals surface area contributed by atoms with E-state index in [0.29, 0.717) is 20.6 Å². The van der Waals surface area contributed by atoms with Gasteiger partial charge in [-0.15, -0.1) is 0 Å². The van der Waals surface area contributed by atoms with E-state index < -0.39 is 12.0 Å². The minimum Gasteiger partial charge on any atom is -0.463 e. The van der Waals surface area contributed by atoms with E-state index >= 15 is 0 Å². The fourth-order valence-corrected chi connectivity index (χ4v) is 6.06. The zero-order valence-corrected chi connectivity index (χ0v) is 23.8. The zero-order chi connectivity index (χ0) is 28.5. The number of carbonyl (C=O) groups is 1. The van der Waals surface area contributed by atoms with E-state index in [1.54, 1.807) is 18.4 Å². The van der Waals surface area contributed by atoms with Crippen LogP contribution in [0.15, 0.2) is 112 Å². The summed E-state index contributed by atoms with van der Waals surface area (Å²) in [5.74, 6) is -0.470. The Morgan fingerprint density at radius 3 is 2.34 bits per heavy atom. The van der Waals surface area contributed by atoms with Gasteiger partial charge in [0.1, 0.15) is 0 Å². The molecule has 0 fully saturated rings. The molecule has 5 aromatic rings. The van der Waals surface area contributed by atoms with E-state index in [0.717, 1.165) is 33.6 Å². The third kappa shape index (κ3) is 4.98. The van der Waals surface area contributed by atoms with Gasteiger partial charge in [-0.25, -0.2) is 14.5 Å². The number of thiazole rings is 1. The van der Waals surface area contributed by atoms with Crippen molar-refractivity contribution in [2.24, 2.45) is 4.99 Å². The molecule has 1 aliphatic rings. The normalized spacial score (nSPS) is 15.0. The molecule has 0 aliphatic carbocycles. The number of aryl methyl sites for hydroxylation is 1. The highest BCUT2D eigenvalue weighted by Crippen LogP contribution is 2.31. The van der Waals surface area contributed by atoms with Crippen molar-refractivity contribution in [1.29, 1.82) is 0 Å². The molecule has 41 heavy (non-hydrogen) atoms. The van der Waals surface area contributed by atoms with Crippen molar-refractivity contribution < 1.29 is 9.53 Å². The second kappa shape index (κ2) is 11.0. The van der Waals surface area contributed by atoms with Crippen LogP contribution in [0.4, 0.5) is 0 Å². The van der Waals surface area contributed by atoms with E-state index in [-0.39, 0.29) is 12.2 Å². The number of allylic oxidation sites excluding steroid dienone is 1. The van der Waals surface area contributed by atoms with Gasteiger partial charge in [-0.1, -0.05) is 89.7 Å². The lowest BCUT2D eigenvalue weighted by Gasteiger charge is -2.24. The molecule has 0 spiro atoms. The van der Waals surface area contributed by atoms with Crippen LogP contribution in [0.1, 0.15) is 36.6 Å². The average molecular weight is 561 g/mol. The Hall–Kier alpha value is -4.82. The summed E-state index contributed by atoms with van der Waals surface area (Å²) in [7, 11) is 0. The highest BCUT2D eigenvalue weighted by molar-refractivity contribution is 7.07. The maximum Gasteiger partial charge on any atom is 0.338 e. The Bertz CT molecular complexity index is 1950. The van der Waals surface area contributed by atoms with Crippen LogP contribution in [0, 0.1) is 6.92 Å². The molecule has 3 heterocycles. The molecule has 0 bridgehead atoms. The molecule has 2 aromatic heterocycles. The van der Waals surface area contributed by atoms with Gasteiger partial charge in [-0.3, -0.25) is 9.36 Å².